The number of halogens is 1. The van der Waals surface area contributed by atoms with Gasteiger partial charge >= 0.3 is 0 Å². The second kappa shape index (κ2) is 4.99. The molecule has 3 heteroatoms. The molecule has 1 aromatic carbocycles. The minimum Gasteiger partial charge on any atom is -0.488 e. The Balaban J connectivity index is 2.20. The van der Waals surface area contributed by atoms with Crippen LogP contribution in [0.4, 0.5) is 0 Å². The summed E-state index contributed by atoms with van der Waals surface area (Å²) in [4.78, 5) is 4.31. The molecule has 0 aliphatic heterocycles. The molecular formula is C13H12ClNO. The van der Waals surface area contributed by atoms with Crippen LogP contribution in [0.5, 0.6) is 5.75 Å². The number of hydrogen-bond acceptors (Lipinski definition) is 2. The van der Waals surface area contributed by atoms with Gasteiger partial charge in [0.2, 0.25) is 0 Å². The van der Waals surface area contributed by atoms with Crippen LogP contribution in [-0.4, -0.2) is 11.6 Å². The van der Waals surface area contributed by atoms with E-state index in [-0.39, 0.29) is 0 Å². The van der Waals surface area contributed by atoms with Crippen molar-refractivity contribution in [1.29, 1.82) is 0 Å². The summed E-state index contributed by atoms with van der Waals surface area (Å²) in [5.74, 6) is 0.761. The highest BCUT2D eigenvalue weighted by Gasteiger charge is 1.98. The second-order valence-electron chi connectivity index (χ2n) is 3.61. The summed E-state index contributed by atoms with van der Waals surface area (Å²) in [5.41, 5.74) is 3.48. The number of fused-ring (bicyclic) bond motifs is 1. The molecule has 0 bridgehead atoms. The molecular weight excluding hydrogens is 222 g/mol. The van der Waals surface area contributed by atoms with Gasteiger partial charge in [0.15, 0.2) is 0 Å². The average Bonchev–Trinajstić information content (AvgIpc) is 2.35. The highest BCUT2D eigenvalue weighted by atomic mass is 35.5. The SMILES string of the molecule is C/C(=C/Cl)COc1cnc2ccccc2c1. The molecule has 0 aliphatic rings. The predicted octanol–water partition coefficient (Wildman–Crippen LogP) is 3.76. The van der Waals surface area contributed by atoms with Crippen LogP contribution in [0.3, 0.4) is 0 Å². The van der Waals surface area contributed by atoms with Gasteiger partial charge in [-0.2, -0.15) is 0 Å². The number of benzene rings is 1. The molecule has 2 nitrogen and oxygen atoms in total. The minimum atomic E-state index is 0.490. The van der Waals surface area contributed by atoms with Crippen LogP contribution < -0.4 is 4.74 Å². The Morgan fingerprint density at radius 1 is 1.44 bits per heavy atom. The van der Waals surface area contributed by atoms with E-state index in [4.69, 9.17) is 16.3 Å². The molecule has 1 aromatic heterocycles. The number of ether oxygens (including phenoxy) is 1. The summed E-state index contributed by atoms with van der Waals surface area (Å²) in [6, 6.07) is 9.92. The standard InChI is InChI=1S/C13H12ClNO/c1-10(7-14)9-16-12-6-11-4-2-3-5-13(11)15-8-12/h2-8H,9H2,1H3/b10-7-. The van der Waals surface area contributed by atoms with Gasteiger partial charge < -0.3 is 4.74 Å². The van der Waals surface area contributed by atoms with Crippen LogP contribution in [0, 0.1) is 0 Å². The number of aromatic nitrogens is 1. The third kappa shape index (κ3) is 2.52. The molecule has 82 valence electrons. The van der Waals surface area contributed by atoms with Crippen molar-refractivity contribution in [3.05, 3.63) is 47.6 Å². The van der Waals surface area contributed by atoms with E-state index in [0.29, 0.717) is 6.61 Å². The molecule has 0 radical (unpaired) electrons. The Kier molecular flexibility index (Phi) is 3.42. The fraction of sp³-hybridized carbons (Fsp3) is 0.154. The maximum atomic E-state index is 5.56. The first-order chi connectivity index (χ1) is 7.79. The highest BCUT2D eigenvalue weighted by Crippen LogP contribution is 2.18. The van der Waals surface area contributed by atoms with E-state index in [9.17, 15) is 0 Å². The number of rotatable bonds is 3. The molecule has 0 atom stereocenters. The van der Waals surface area contributed by atoms with Gasteiger partial charge in [-0.1, -0.05) is 29.8 Å². The fourth-order valence-corrected chi connectivity index (χ4v) is 1.42. The number of nitrogens with zero attached hydrogens (tertiary/aromatic N) is 1. The van der Waals surface area contributed by atoms with Gasteiger partial charge in [-0.15, -0.1) is 0 Å². The first-order valence-electron chi connectivity index (χ1n) is 5.03. The van der Waals surface area contributed by atoms with Gasteiger partial charge in [0, 0.05) is 10.9 Å². The van der Waals surface area contributed by atoms with Crippen LogP contribution in [0.15, 0.2) is 47.6 Å². The van der Waals surface area contributed by atoms with E-state index in [1.807, 2.05) is 37.3 Å². The normalized spacial score (nSPS) is 11.8. The van der Waals surface area contributed by atoms with Gasteiger partial charge in [-0.3, -0.25) is 4.98 Å². The largest absolute Gasteiger partial charge is 0.488 e. The van der Waals surface area contributed by atoms with Crippen molar-refractivity contribution in [3.8, 4) is 5.75 Å². The smallest absolute Gasteiger partial charge is 0.138 e. The minimum absolute atomic E-state index is 0.490. The van der Waals surface area contributed by atoms with Gasteiger partial charge in [-0.25, -0.2) is 0 Å². The van der Waals surface area contributed by atoms with E-state index in [1.54, 1.807) is 6.20 Å². The molecule has 0 N–H and O–H groups in total. The predicted molar refractivity (Wildman–Crippen MR) is 66.8 cm³/mol. The van der Waals surface area contributed by atoms with Crippen molar-refractivity contribution in [3.63, 3.8) is 0 Å². The molecule has 2 rings (SSSR count). The molecule has 0 spiro atoms. The summed E-state index contributed by atoms with van der Waals surface area (Å²) in [6.45, 7) is 2.41. The van der Waals surface area contributed by atoms with Gasteiger partial charge in [0.25, 0.3) is 0 Å². The van der Waals surface area contributed by atoms with E-state index >= 15 is 0 Å². The van der Waals surface area contributed by atoms with Crippen LogP contribution >= 0.6 is 11.6 Å². The number of hydrogen-bond donors (Lipinski definition) is 0. The summed E-state index contributed by atoms with van der Waals surface area (Å²) in [6.07, 6.45) is 1.73. The Bertz CT molecular complexity index is 522. The first-order valence-corrected chi connectivity index (χ1v) is 5.46. The third-order valence-corrected chi connectivity index (χ3v) is 2.59. The first kappa shape index (κ1) is 11.0. The Morgan fingerprint density at radius 3 is 3.06 bits per heavy atom. The lowest BCUT2D eigenvalue weighted by molar-refractivity contribution is 0.351. The zero-order chi connectivity index (χ0) is 11.4. The van der Waals surface area contributed by atoms with Crippen LogP contribution in [-0.2, 0) is 0 Å². The van der Waals surface area contributed by atoms with Crippen molar-refractivity contribution in [2.75, 3.05) is 6.61 Å². The molecule has 0 saturated carbocycles. The van der Waals surface area contributed by atoms with Crippen molar-refractivity contribution >= 4 is 22.5 Å². The molecule has 0 unspecified atom stereocenters. The monoisotopic (exact) mass is 233 g/mol. The van der Waals surface area contributed by atoms with Crippen molar-refractivity contribution < 1.29 is 4.74 Å². The molecule has 2 aromatic rings. The summed E-state index contributed by atoms with van der Waals surface area (Å²) in [7, 11) is 0. The van der Waals surface area contributed by atoms with Crippen molar-refractivity contribution in [2.24, 2.45) is 0 Å². The maximum Gasteiger partial charge on any atom is 0.138 e. The molecule has 0 amide bonds. The van der Waals surface area contributed by atoms with Gasteiger partial charge in [-0.05, 0) is 24.6 Å². The van der Waals surface area contributed by atoms with Crippen LogP contribution in [0.1, 0.15) is 6.92 Å². The lowest BCUT2D eigenvalue weighted by atomic mass is 10.2. The topological polar surface area (TPSA) is 22.1 Å². The lowest BCUT2D eigenvalue weighted by Gasteiger charge is -2.06. The lowest BCUT2D eigenvalue weighted by Crippen LogP contribution is -1.98. The van der Waals surface area contributed by atoms with Crippen molar-refractivity contribution in [2.45, 2.75) is 6.92 Å². The van der Waals surface area contributed by atoms with Crippen molar-refractivity contribution in [1.82, 2.24) is 4.98 Å². The Morgan fingerprint density at radius 2 is 2.25 bits per heavy atom. The van der Waals surface area contributed by atoms with E-state index in [0.717, 1.165) is 22.2 Å². The second-order valence-corrected chi connectivity index (χ2v) is 3.83. The quantitative estimate of drug-likeness (QED) is 0.806. The summed E-state index contributed by atoms with van der Waals surface area (Å²) < 4.78 is 5.55. The number of pyridine rings is 1. The molecule has 0 aliphatic carbocycles. The average molecular weight is 234 g/mol. The summed E-state index contributed by atoms with van der Waals surface area (Å²) in [5, 5.41) is 1.08. The fourth-order valence-electron chi connectivity index (χ4n) is 1.36. The molecule has 0 fully saturated rings. The Labute approximate surface area is 99.5 Å². The number of para-hydroxylation sites is 1. The highest BCUT2D eigenvalue weighted by molar-refractivity contribution is 6.25. The van der Waals surface area contributed by atoms with Gasteiger partial charge in [0.1, 0.15) is 12.4 Å². The molecule has 1 heterocycles. The zero-order valence-corrected chi connectivity index (χ0v) is 9.74. The maximum absolute atomic E-state index is 5.56. The van der Waals surface area contributed by atoms with E-state index < -0.39 is 0 Å². The van der Waals surface area contributed by atoms with E-state index in [2.05, 4.69) is 4.98 Å². The zero-order valence-electron chi connectivity index (χ0n) is 8.98. The van der Waals surface area contributed by atoms with Gasteiger partial charge in [0.05, 0.1) is 11.7 Å². The molecule has 16 heavy (non-hydrogen) atoms. The van der Waals surface area contributed by atoms with E-state index in [1.165, 1.54) is 5.54 Å². The van der Waals surface area contributed by atoms with Crippen LogP contribution in [0.25, 0.3) is 10.9 Å². The third-order valence-electron chi connectivity index (χ3n) is 2.22. The Hall–Kier alpha value is -1.54. The summed E-state index contributed by atoms with van der Waals surface area (Å²) >= 11 is 5.56. The molecule has 0 saturated heterocycles. The van der Waals surface area contributed by atoms with Crippen LogP contribution in [0.2, 0.25) is 0 Å².